The Kier molecular flexibility index (Phi) is 6.08. The van der Waals surface area contributed by atoms with Gasteiger partial charge in [0, 0.05) is 18.1 Å². The molecule has 1 amide bonds. The quantitative estimate of drug-likeness (QED) is 0.641. The minimum Gasteiger partial charge on any atom is -0.497 e. The Hall–Kier alpha value is -3.46. The van der Waals surface area contributed by atoms with Crippen LogP contribution in [0.4, 0.5) is 15.8 Å². The first-order valence-electron chi connectivity index (χ1n) is 8.52. The summed E-state index contributed by atoms with van der Waals surface area (Å²) in [5.74, 6) is -0.461. The number of nitrogens with zero attached hydrogens (tertiary/aromatic N) is 2. The van der Waals surface area contributed by atoms with E-state index in [1.165, 1.54) is 43.8 Å². The van der Waals surface area contributed by atoms with Crippen LogP contribution in [0.15, 0.2) is 78.0 Å². The highest BCUT2D eigenvalue weighted by Gasteiger charge is 2.27. The van der Waals surface area contributed by atoms with Crippen LogP contribution in [0, 0.1) is 5.82 Å². The molecule has 1 N–H and O–H groups in total. The first-order chi connectivity index (χ1) is 13.9. The number of halogens is 1. The number of ether oxygens (including phenoxy) is 1. The van der Waals surface area contributed by atoms with Crippen molar-refractivity contribution >= 4 is 27.3 Å². The number of nitrogens with one attached hydrogen (secondary N) is 1. The van der Waals surface area contributed by atoms with Gasteiger partial charge in [-0.15, -0.1) is 0 Å². The van der Waals surface area contributed by atoms with Crippen LogP contribution < -0.4 is 14.4 Å². The summed E-state index contributed by atoms with van der Waals surface area (Å²) >= 11 is 0. The summed E-state index contributed by atoms with van der Waals surface area (Å²) in [5.41, 5.74) is 0.633. The molecule has 0 saturated heterocycles. The van der Waals surface area contributed by atoms with Crippen molar-refractivity contribution in [1.82, 2.24) is 4.98 Å². The van der Waals surface area contributed by atoms with Crippen LogP contribution >= 0.6 is 0 Å². The molecule has 150 valence electrons. The second-order valence-electron chi connectivity index (χ2n) is 5.95. The van der Waals surface area contributed by atoms with E-state index in [1.807, 2.05) is 0 Å². The summed E-state index contributed by atoms with van der Waals surface area (Å²) < 4.78 is 45.5. The lowest BCUT2D eigenvalue weighted by atomic mass is 10.3. The SMILES string of the molecule is COc1ccc(NC(=O)CN(c2ccc(F)cc2)S(=O)(=O)c2cccnc2)cc1. The maximum absolute atomic E-state index is 13.3. The Morgan fingerprint density at radius 1 is 1.10 bits per heavy atom. The molecule has 3 aromatic rings. The van der Waals surface area contributed by atoms with Crippen molar-refractivity contribution in [2.24, 2.45) is 0 Å². The fourth-order valence-electron chi connectivity index (χ4n) is 2.55. The largest absolute Gasteiger partial charge is 0.497 e. The van der Waals surface area contributed by atoms with Gasteiger partial charge < -0.3 is 10.1 Å². The molecule has 0 atom stereocenters. The third-order valence-corrected chi connectivity index (χ3v) is 5.76. The van der Waals surface area contributed by atoms with Crippen LogP contribution in [0.25, 0.3) is 0 Å². The van der Waals surface area contributed by atoms with Gasteiger partial charge in [0.05, 0.1) is 12.8 Å². The normalized spacial score (nSPS) is 11.0. The lowest BCUT2D eigenvalue weighted by molar-refractivity contribution is -0.114. The van der Waals surface area contributed by atoms with Crippen molar-refractivity contribution < 1.29 is 22.3 Å². The number of rotatable bonds is 7. The highest BCUT2D eigenvalue weighted by Crippen LogP contribution is 2.24. The number of carbonyl (C=O) groups excluding carboxylic acids is 1. The molecule has 0 aliphatic heterocycles. The molecule has 0 unspecified atom stereocenters. The molecular weight excluding hydrogens is 397 g/mol. The van der Waals surface area contributed by atoms with Crippen LogP contribution in [0.5, 0.6) is 5.75 Å². The van der Waals surface area contributed by atoms with E-state index in [4.69, 9.17) is 4.74 Å². The zero-order valence-corrected chi connectivity index (χ0v) is 16.3. The van der Waals surface area contributed by atoms with Crippen LogP contribution in [0.3, 0.4) is 0 Å². The van der Waals surface area contributed by atoms with E-state index < -0.39 is 28.3 Å². The molecule has 1 heterocycles. The highest BCUT2D eigenvalue weighted by atomic mass is 32.2. The number of methoxy groups -OCH3 is 1. The van der Waals surface area contributed by atoms with E-state index in [2.05, 4.69) is 10.3 Å². The molecular formula is C20H18FN3O4S. The molecule has 0 aliphatic rings. The maximum atomic E-state index is 13.3. The second kappa shape index (κ2) is 8.70. The first kappa shape index (κ1) is 20.3. The average Bonchev–Trinajstić information content (AvgIpc) is 2.74. The van der Waals surface area contributed by atoms with E-state index in [0.717, 1.165) is 16.4 Å². The lowest BCUT2D eigenvalue weighted by Crippen LogP contribution is -2.38. The van der Waals surface area contributed by atoms with E-state index >= 15 is 0 Å². The van der Waals surface area contributed by atoms with E-state index in [1.54, 1.807) is 24.3 Å². The minimum atomic E-state index is -4.10. The summed E-state index contributed by atoms with van der Waals surface area (Å²) in [5, 5.41) is 2.64. The summed E-state index contributed by atoms with van der Waals surface area (Å²) in [7, 11) is -2.57. The van der Waals surface area contributed by atoms with Crippen LogP contribution in [-0.2, 0) is 14.8 Å². The maximum Gasteiger partial charge on any atom is 0.266 e. The molecule has 1 aromatic heterocycles. The van der Waals surface area contributed by atoms with Gasteiger partial charge in [0.25, 0.3) is 10.0 Å². The monoisotopic (exact) mass is 415 g/mol. The molecule has 0 spiro atoms. The average molecular weight is 415 g/mol. The van der Waals surface area contributed by atoms with Gasteiger partial charge in [-0.05, 0) is 60.7 Å². The van der Waals surface area contributed by atoms with Crippen molar-refractivity contribution in [3.05, 3.63) is 78.9 Å². The van der Waals surface area contributed by atoms with Gasteiger partial charge in [0.15, 0.2) is 0 Å². The van der Waals surface area contributed by atoms with Crippen LogP contribution in [0.2, 0.25) is 0 Å². The van der Waals surface area contributed by atoms with Gasteiger partial charge in [-0.3, -0.25) is 14.1 Å². The molecule has 0 aliphatic carbocycles. The molecule has 7 nitrogen and oxygen atoms in total. The van der Waals surface area contributed by atoms with Gasteiger partial charge in [-0.2, -0.15) is 0 Å². The van der Waals surface area contributed by atoms with Crippen molar-refractivity contribution in [2.75, 3.05) is 23.3 Å². The Balaban J connectivity index is 1.88. The number of sulfonamides is 1. The van der Waals surface area contributed by atoms with Gasteiger partial charge in [0.2, 0.25) is 5.91 Å². The van der Waals surface area contributed by atoms with E-state index in [9.17, 15) is 17.6 Å². The number of carbonyl (C=O) groups is 1. The number of amides is 1. The summed E-state index contributed by atoms with van der Waals surface area (Å²) in [6.07, 6.45) is 2.63. The Morgan fingerprint density at radius 3 is 2.38 bits per heavy atom. The molecule has 9 heteroatoms. The molecule has 29 heavy (non-hydrogen) atoms. The molecule has 0 fully saturated rings. The van der Waals surface area contributed by atoms with Gasteiger partial charge in [0.1, 0.15) is 23.0 Å². The standard InChI is InChI=1S/C20H18FN3O4S/c1-28-18-10-6-16(7-11-18)23-20(25)14-24(17-8-4-15(21)5-9-17)29(26,27)19-3-2-12-22-13-19/h2-13H,14H2,1H3,(H,23,25). The first-order valence-corrected chi connectivity index (χ1v) is 9.96. The Morgan fingerprint density at radius 2 is 1.79 bits per heavy atom. The third-order valence-electron chi connectivity index (χ3n) is 4.00. The van der Waals surface area contributed by atoms with Crippen molar-refractivity contribution in [2.45, 2.75) is 4.90 Å². The molecule has 0 bridgehead atoms. The van der Waals surface area contributed by atoms with Crippen LogP contribution in [-0.4, -0.2) is 33.0 Å². The van der Waals surface area contributed by atoms with Crippen molar-refractivity contribution in [1.29, 1.82) is 0 Å². The number of benzene rings is 2. The summed E-state index contributed by atoms with van der Waals surface area (Å²) in [6.45, 7) is -0.505. The Labute approximate surface area is 167 Å². The highest BCUT2D eigenvalue weighted by molar-refractivity contribution is 7.92. The zero-order chi connectivity index (χ0) is 20.9. The van der Waals surface area contributed by atoms with Crippen LogP contribution in [0.1, 0.15) is 0 Å². The number of aromatic nitrogens is 1. The zero-order valence-electron chi connectivity index (χ0n) is 15.4. The number of hydrogen-bond donors (Lipinski definition) is 1. The minimum absolute atomic E-state index is 0.0819. The topological polar surface area (TPSA) is 88.6 Å². The summed E-state index contributed by atoms with van der Waals surface area (Å²) in [6, 6.07) is 14.3. The predicted molar refractivity (Wildman–Crippen MR) is 107 cm³/mol. The smallest absolute Gasteiger partial charge is 0.266 e. The molecule has 3 rings (SSSR count). The third kappa shape index (κ3) is 4.88. The van der Waals surface area contributed by atoms with Gasteiger partial charge >= 0.3 is 0 Å². The molecule has 0 radical (unpaired) electrons. The number of anilines is 2. The van der Waals surface area contributed by atoms with Crippen molar-refractivity contribution in [3.63, 3.8) is 0 Å². The second-order valence-corrected chi connectivity index (χ2v) is 7.82. The predicted octanol–water partition coefficient (Wildman–Crippen LogP) is 3.06. The lowest BCUT2D eigenvalue weighted by Gasteiger charge is -2.24. The fourth-order valence-corrected chi connectivity index (χ4v) is 3.94. The van der Waals surface area contributed by atoms with E-state index in [-0.39, 0.29) is 10.6 Å². The summed E-state index contributed by atoms with van der Waals surface area (Å²) in [4.78, 5) is 16.3. The number of hydrogen-bond acceptors (Lipinski definition) is 5. The fraction of sp³-hybridized carbons (Fsp3) is 0.100. The molecule has 0 saturated carbocycles. The molecule has 2 aromatic carbocycles. The van der Waals surface area contributed by atoms with Gasteiger partial charge in [-0.1, -0.05) is 0 Å². The Bertz CT molecular complexity index is 1070. The number of pyridine rings is 1. The van der Waals surface area contributed by atoms with Crippen molar-refractivity contribution in [3.8, 4) is 5.75 Å². The van der Waals surface area contributed by atoms with Gasteiger partial charge in [-0.25, -0.2) is 12.8 Å². The van der Waals surface area contributed by atoms with E-state index in [0.29, 0.717) is 11.4 Å².